The second kappa shape index (κ2) is 11.6. The Hall–Kier alpha value is -3.96. The second-order valence-electron chi connectivity index (χ2n) is 9.82. The molecule has 0 saturated carbocycles. The molecule has 8 nitrogen and oxygen atoms in total. The smallest absolute Gasteiger partial charge is 0.478 e. The van der Waals surface area contributed by atoms with Crippen molar-refractivity contribution in [2.24, 2.45) is 0 Å². The maximum atomic E-state index is 12.4. The lowest BCUT2D eigenvalue weighted by molar-refractivity contribution is -0.274. The lowest BCUT2D eigenvalue weighted by Crippen LogP contribution is -2.52. The molecule has 40 heavy (non-hydrogen) atoms. The summed E-state index contributed by atoms with van der Waals surface area (Å²) in [6, 6.07) is 11.5. The number of aromatic carboxylic acids is 1. The Morgan fingerprint density at radius 3 is 2.67 bits per heavy atom. The lowest BCUT2D eigenvalue weighted by atomic mass is 10.0. The van der Waals surface area contributed by atoms with E-state index in [2.05, 4.69) is 19.9 Å². The summed E-state index contributed by atoms with van der Waals surface area (Å²) in [5.41, 5.74) is 2.14. The van der Waals surface area contributed by atoms with Crippen LogP contribution in [0.15, 0.2) is 54.9 Å². The van der Waals surface area contributed by atoms with Gasteiger partial charge < -0.3 is 24.8 Å². The average Bonchev–Trinajstić information content (AvgIpc) is 2.89. The van der Waals surface area contributed by atoms with Gasteiger partial charge in [-0.2, -0.15) is 0 Å². The van der Waals surface area contributed by atoms with Crippen LogP contribution in [-0.2, 0) is 11.3 Å². The number of unbranched alkanes of at least 4 members (excludes halogenated alkanes) is 1. The van der Waals surface area contributed by atoms with Crippen molar-refractivity contribution < 1.29 is 32.5 Å². The molecule has 0 unspecified atom stereocenters. The van der Waals surface area contributed by atoms with Gasteiger partial charge in [0.15, 0.2) is 0 Å². The van der Waals surface area contributed by atoms with Gasteiger partial charge in [0.25, 0.3) is 0 Å². The minimum absolute atomic E-state index is 0.0908. The van der Waals surface area contributed by atoms with E-state index in [0.717, 1.165) is 46.9 Å². The van der Waals surface area contributed by atoms with E-state index in [1.807, 2.05) is 6.07 Å². The number of nitrogens with one attached hydrogen (secondary N) is 1. The molecule has 0 aliphatic carbocycles. The molecule has 0 amide bonds. The first kappa shape index (κ1) is 27.6. The molecule has 2 aromatic heterocycles. The Bertz CT molecular complexity index is 1520. The topological polar surface area (TPSA) is 96.8 Å². The number of nitrogens with zero attached hydrogens (tertiary/aromatic N) is 3. The number of carboxylic acids is 1. The van der Waals surface area contributed by atoms with E-state index in [0.29, 0.717) is 37.3 Å². The van der Waals surface area contributed by atoms with Crippen LogP contribution in [0.25, 0.3) is 21.7 Å². The van der Waals surface area contributed by atoms with Gasteiger partial charge in [0.05, 0.1) is 17.2 Å². The molecular formula is C29H29F3N4O4. The molecule has 2 N–H and O–H groups in total. The first-order chi connectivity index (χ1) is 19.2. The van der Waals surface area contributed by atoms with E-state index >= 15 is 0 Å². The van der Waals surface area contributed by atoms with Crippen LogP contribution < -0.4 is 15.0 Å². The van der Waals surface area contributed by atoms with Crippen molar-refractivity contribution in [3.05, 3.63) is 71.5 Å². The molecule has 3 heterocycles. The third-order valence-electron chi connectivity index (χ3n) is 6.87. The molecule has 1 aliphatic heterocycles. The van der Waals surface area contributed by atoms with Crippen LogP contribution >= 0.6 is 0 Å². The summed E-state index contributed by atoms with van der Waals surface area (Å²) >= 11 is 0. The molecule has 4 aromatic rings. The summed E-state index contributed by atoms with van der Waals surface area (Å²) in [5, 5.41) is 15.4. The third-order valence-corrected chi connectivity index (χ3v) is 6.87. The number of aromatic nitrogens is 2. The molecule has 2 aromatic carbocycles. The summed E-state index contributed by atoms with van der Waals surface area (Å²) in [4.78, 5) is 22.6. The fourth-order valence-corrected chi connectivity index (χ4v) is 4.82. The van der Waals surface area contributed by atoms with Crippen LogP contribution in [0.2, 0.25) is 0 Å². The fourth-order valence-electron chi connectivity index (χ4n) is 4.82. The van der Waals surface area contributed by atoms with Gasteiger partial charge >= 0.3 is 12.3 Å². The van der Waals surface area contributed by atoms with Crippen LogP contribution in [0.1, 0.15) is 34.3 Å². The molecule has 210 valence electrons. The Morgan fingerprint density at radius 2 is 1.93 bits per heavy atom. The molecule has 0 radical (unpaired) electrons. The number of hydrogen-bond acceptors (Lipinski definition) is 7. The van der Waals surface area contributed by atoms with Crippen molar-refractivity contribution in [3.63, 3.8) is 0 Å². The predicted octanol–water partition coefficient (Wildman–Crippen LogP) is 5.46. The molecule has 0 bridgehead atoms. The lowest BCUT2D eigenvalue weighted by Gasteiger charge is -2.40. The van der Waals surface area contributed by atoms with Crippen LogP contribution in [0, 0.1) is 6.92 Å². The zero-order chi connectivity index (χ0) is 28.3. The second-order valence-corrected chi connectivity index (χ2v) is 9.82. The Labute approximate surface area is 228 Å². The number of halogens is 3. The normalized spacial score (nSPS) is 14.1. The zero-order valence-electron chi connectivity index (χ0n) is 21.9. The first-order valence-corrected chi connectivity index (χ1v) is 13.0. The number of rotatable bonds is 11. The predicted molar refractivity (Wildman–Crippen MR) is 145 cm³/mol. The highest BCUT2D eigenvalue weighted by Crippen LogP contribution is 2.34. The quantitative estimate of drug-likeness (QED) is 0.186. The number of fused-ring (bicyclic) bond motifs is 3. The van der Waals surface area contributed by atoms with Crippen molar-refractivity contribution >= 4 is 33.5 Å². The van der Waals surface area contributed by atoms with Crippen LogP contribution in [-0.4, -0.2) is 59.8 Å². The Kier molecular flexibility index (Phi) is 8.04. The van der Waals surface area contributed by atoms with Crippen molar-refractivity contribution in [1.29, 1.82) is 0 Å². The number of pyridine rings is 2. The number of carboxylic acid groups (broad SMARTS) is 1. The van der Waals surface area contributed by atoms with Crippen molar-refractivity contribution in [2.45, 2.75) is 38.8 Å². The van der Waals surface area contributed by atoms with Crippen molar-refractivity contribution in [1.82, 2.24) is 15.3 Å². The van der Waals surface area contributed by atoms with E-state index in [4.69, 9.17) is 9.72 Å². The number of carbonyl (C=O) groups is 1. The minimum atomic E-state index is -4.70. The van der Waals surface area contributed by atoms with Gasteiger partial charge in [-0.25, -0.2) is 9.78 Å². The molecular weight excluding hydrogens is 525 g/mol. The highest BCUT2D eigenvalue weighted by molar-refractivity contribution is 6.11. The van der Waals surface area contributed by atoms with E-state index in [9.17, 15) is 23.1 Å². The molecule has 5 rings (SSSR count). The zero-order valence-corrected chi connectivity index (χ0v) is 21.9. The van der Waals surface area contributed by atoms with E-state index < -0.39 is 12.3 Å². The molecule has 1 aliphatic rings. The Balaban J connectivity index is 1.06. The molecule has 1 fully saturated rings. The van der Waals surface area contributed by atoms with Gasteiger partial charge in [-0.1, -0.05) is 18.2 Å². The third kappa shape index (κ3) is 6.43. The van der Waals surface area contributed by atoms with Crippen LogP contribution in [0.4, 0.5) is 19.0 Å². The molecule has 0 atom stereocenters. The van der Waals surface area contributed by atoms with E-state index in [1.165, 1.54) is 6.07 Å². The van der Waals surface area contributed by atoms with Gasteiger partial charge in [0.1, 0.15) is 11.6 Å². The van der Waals surface area contributed by atoms with Crippen molar-refractivity contribution in [3.8, 4) is 5.75 Å². The monoisotopic (exact) mass is 554 g/mol. The van der Waals surface area contributed by atoms with Crippen molar-refractivity contribution in [2.75, 3.05) is 31.1 Å². The SMILES string of the molecule is Cc1cc(CNCCCCOC2CN(c3nc4cc(C(=O)O)ccc4c4cnccc34)C2)ccc1OC(F)(F)F. The summed E-state index contributed by atoms with van der Waals surface area (Å²) in [6.45, 7) is 4.93. The van der Waals surface area contributed by atoms with E-state index in [1.54, 1.807) is 49.6 Å². The van der Waals surface area contributed by atoms with Gasteiger partial charge in [-0.15, -0.1) is 13.2 Å². The van der Waals surface area contributed by atoms with E-state index in [-0.39, 0.29) is 17.4 Å². The summed E-state index contributed by atoms with van der Waals surface area (Å²) in [7, 11) is 0. The number of benzene rings is 2. The van der Waals surface area contributed by atoms with Gasteiger partial charge in [-0.3, -0.25) is 4.98 Å². The average molecular weight is 555 g/mol. The highest BCUT2D eigenvalue weighted by Gasteiger charge is 2.32. The minimum Gasteiger partial charge on any atom is -0.478 e. The fraction of sp³-hybridized carbons (Fsp3) is 0.345. The molecule has 0 spiro atoms. The molecule has 1 saturated heterocycles. The number of aryl methyl sites for hydroxylation is 1. The Morgan fingerprint density at radius 1 is 1.10 bits per heavy atom. The summed E-state index contributed by atoms with van der Waals surface area (Å²) in [6.07, 6.45) is 0.683. The van der Waals surface area contributed by atoms with Gasteiger partial charge in [0.2, 0.25) is 0 Å². The largest absolute Gasteiger partial charge is 0.573 e. The number of alkyl halides is 3. The van der Waals surface area contributed by atoms with Gasteiger partial charge in [-0.05, 0) is 61.7 Å². The number of hydrogen-bond donors (Lipinski definition) is 2. The highest BCUT2D eigenvalue weighted by atomic mass is 19.4. The maximum Gasteiger partial charge on any atom is 0.573 e. The summed E-state index contributed by atoms with van der Waals surface area (Å²) < 4.78 is 47.3. The number of ether oxygens (including phenoxy) is 2. The maximum absolute atomic E-state index is 12.4. The first-order valence-electron chi connectivity index (χ1n) is 13.0. The van der Waals surface area contributed by atoms with Crippen LogP contribution in [0.3, 0.4) is 0 Å². The van der Waals surface area contributed by atoms with Crippen LogP contribution in [0.5, 0.6) is 5.75 Å². The molecule has 11 heteroatoms. The standard InChI is InChI=1S/C29H29F3N4O4/c1-18-12-19(4-7-26(18)40-29(30,31)32)14-33-9-2-3-11-39-21-16-36(17-21)27-23-8-10-34-15-24(23)22-6-5-20(28(37)38)13-25(22)35-27/h4-8,10,12-13,15,21,33H,2-3,9,11,14,16-17H2,1H3,(H,37,38). The van der Waals surface area contributed by atoms with Gasteiger partial charge in [0, 0.05) is 54.8 Å². The summed E-state index contributed by atoms with van der Waals surface area (Å²) in [5.74, 6) is -0.380. The number of anilines is 1.